The zero-order valence-electron chi connectivity index (χ0n) is 13.4. The number of esters is 1. The van der Waals surface area contributed by atoms with E-state index in [1.807, 2.05) is 24.3 Å². The number of benzene rings is 1. The molecular weight excluding hydrogens is 296 g/mol. The summed E-state index contributed by atoms with van der Waals surface area (Å²) in [5.41, 5.74) is 0.512. The van der Waals surface area contributed by atoms with Gasteiger partial charge < -0.3 is 15.0 Å². The van der Waals surface area contributed by atoms with E-state index in [9.17, 15) is 14.4 Å². The van der Waals surface area contributed by atoms with Crippen LogP contribution in [0.25, 0.3) is 10.9 Å². The molecule has 0 spiro atoms. The van der Waals surface area contributed by atoms with E-state index in [1.54, 1.807) is 20.0 Å². The van der Waals surface area contributed by atoms with E-state index >= 15 is 0 Å². The second-order valence-electron chi connectivity index (χ2n) is 5.98. The normalized spacial score (nSPS) is 11.3. The van der Waals surface area contributed by atoms with Crippen LogP contribution in [0.15, 0.2) is 30.5 Å². The zero-order chi connectivity index (χ0) is 17.0. The van der Waals surface area contributed by atoms with Gasteiger partial charge in [0.15, 0.2) is 5.78 Å². The molecule has 1 amide bonds. The highest BCUT2D eigenvalue weighted by Gasteiger charge is 2.25. The number of H-pyrrole nitrogens is 1. The van der Waals surface area contributed by atoms with Crippen molar-refractivity contribution < 1.29 is 19.1 Å². The first-order chi connectivity index (χ1) is 10.8. The molecule has 0 aliphatic rings. The van der Waals surface area contributed by atoms with Crippen LogP contribution < -0.4 is 5.32 Å². The van der Waals surface area contributed by atoms with Crippen LogP contribution in [0, 0.1) is 0 Å². The number of ketones is 1. The van der Waals surface area contributed by atoms with Crippen LogP contribution in [0.2, 0.25) is 0 Å². The smallest absolute Gasteiger partial charge is 0.303 e. The standard InChI is InChI=1S/C17H20N2O4/c1-11(20)23-17(2,3)8-16(22)19-10-15(21)13-9-18-14-7-5-4-6-12(13)14/h4-7,9,18H,8,10H2,1-3H3,(H,19,22). The maximum Gasteiger partial charge on any atom is 0.303 e. The second-order valence-corrected chi connectivity index (χ2v) is 5.98. The summed E-state index contributed by atoms with van der Waals surface area (Å²) in [5, 5.41) is 3.40. The number of fused-ring (bicyclic) bond motifs is 1. The third kappa shape index (κ3) is 4.42. The summed E-state index contributed by atoms with van der Waals surface area (Å²) in [6, 6.07) is 7.47. The van der Waals surface area contributed by atoms with Gasteiger partial charge in [0, 0.05) is 29.6 Å². The topological polar surface area (TPSA) is 88.3 Å². The van der Waals surface area contributed by atoms with Gasteiger partial charge in [-0.2, -0.15) is 0 Å². The quantitative estimate of drug-likeness (QED) is 0.631. The number of ether oxygens (including phenoxy) is 1. The summed E-state index contributed by atoms with van der Waals surface area (Å²) in [4.78, 5) is 38.2. The summed E-state index contributed by atoms with van der Waals surface area (Å²) in [6.45, 7) is 4.49. The minimum absolute atomic E-state index is 0.00621. The van der Waals surface area contributed by atoms with E-state index in [-0.39, 0.29) is 24.7 Å². The number of hydrogen-bond donors (Lipinski definition) is 2. The van der Waals surface area contributed by atoms with E-state index in [1.165, 1.54) is 6.92 Å². The van der Waals surface area contributed by atoms with Crippen molar-refractivity contribution in [1.29, 1.82) is 0 Å². The van der Waals surface area contributed by atoms with Gasteiger partial charge in [-0.1, -0.05) is 18.2 Å². The van der Waals surface area contributed by atoms with Crippen LogP contribution in [0.1, 0.15) is 37.6 Å². The van der Waals surface area contributed by atoms with Crippen LogP contribution in [-0.4, -0.2) is 34.8 Å². The summed E-state index contributed by atoms with van der Waals surface area (Å²) >= 11 is 0. The maximum atomic E-state index is 12.2. The van der Waals surface area contributed by atoms with Crippen molar-refractivity contribution in [2.75, 3.05) is 6.54 Å². The molecule has 2 aromatic rings. The highest BCUT2D eigenvalue weighted by atomic mass is 16.6. The highest BCUT2D eigenvalue weighted by Crippen LogP contribution is 2.18. The summed E-state index contributed by atoms with van der Waals surface area (Å²) in [5.74, 6) is -0.969. The van der Waals surface area contributed by atoms with Crippen molar-refractivity contribution in [3.8, 4) is 0 Å². The molecule has 23 heavy (non-hydrogen) atoms. The lowest BCUT2D eigenvalue weighted by Crippen LogP contribution is -2.37. The molecule has 6 heteroatoms. The Morgan fingerprint density at radius 1 is 1.22 bits per heavy atom. The van der Waals surface area contributed by atoms with E-state index in [4.69, 9.17) is 4.74 Å². The molecule has 0 unspecified atom stereocenters. The molecule has 1 heterocycles. The van der Waals surface area contributed by atoms with Crippen LogP contribution >= 0.6 is 0 Å². The third-order valence-electron chi connectivity index (χ3n) is 3.34. The first-order valence-corrected chi connectivity index (χ1v) is 7.34. The van der Waals surface area contributed by atoms with Crippen molar-refractivity contribution in [2.45, 2.75) is 32.8 Å². The van der Waals surface area contributed by atoms with Gasteiger partial charge in [0.25, 0.3) is 0 Å². The molecular formula is C17H20N2O4. The van der Waals surface area contributed by atoms with Gasteiger partial charge in [0.2, 0.25) is 5.91 Å². The molecule has 1 aromatic heterocycles. The van der Waals surface area contributed by atoms with Gasteiger partial charge in [-0.25, -0.2) is 0 Å². The molecule has 122 valence electrons. The number of carbonyl (C=O) groups excluding carboxylic acids is 3. The number of Topliss-reactive ketones (excluding diaryl/α,β-unsaturated/α-hetero) is 1. The summed E-state index contributed by atoms with van der Waals surface area (Å²) < 4.78 is 5.06. The van der Waals surface area contributed by atoms with Crippen LogP contribution in [0.4, 0.5) is 0 Å². The van der Waals surface area contributed by atoms with Crippen molar-refractivity contribution >= 4 is 28.6 Å². The SMILES string of the molecule is CC(=O)OC(C)(C)CC(=O)NCC(=O)c1c[nH]c2ccccc12. The number of rotatable bonds is 6. The van der Waals surface area contributed by atoms with E-state index in [0.29, 0.717) is 5.56 Å². The fraction of sp³-hybridized carbons (Fsp3) is 0.353. The fourth-order valence-corrected chi connectivity index (χ4v) is 2.45. The Hall–Kier alpha value is -2.63. The number of aromatic nitrogens is 1. The van der Waals surface area contributed by atoms with Crippen molar-refractivity contribution in [3.05, 3.63) is 36.0 Å². The minimum Gasteiger partial charge on any atom is -0.459 e. The molecule has 0 aliphatic carbocycles. The summed E-state index contributed by atoms with van der Waals surface area (Å²) in [6.07, 6.45) is 1.63. The van der Waals surface area contributed by atoms with E-state index < -0.39 is 11.6 Å². The predicted octanol–water partition coefficient (Wildman–Crippen LogP) is 2.20. The number of nitrogens with one attached hydrogen (secondary N) is 2. The molecule has 0 aliphatic heterocycles. The lowest BCUT2D eigenvalue weighted by molar-refractivity contribution is -0.155. The molecule has 2 rings (SSSR count). The van der Waals surface area contributed by atoms with E-state index in [0.717, 1.165) is 10.9 Å². The molecule has 0 saturated carbocycles. The minimum atomic E-state index is -0.903. The fourth-order valence-electron chi connectivity index (χ4n) is 2.45. The van der Waals surface area contributed by atoms with Crippen LogP contribution in [0.5, 0.6) is 0 Å². The Kier molecular flexibility index (Phi) is 4.83. The maximum absolute atomic E-state index is 12.2. The monoisotopic (exact) mass is 316 g/mol. The van der Waals surface area contributed by atoms with Crippen molar-refractivity contribution in [1.82, 2.24) is 10.3 Å². The Morgan fingerprint density at radius 3 is 2.61 bits per heavy atom. The Labute approximate surface area is 134 Å². The van der Waals surface area contributed by atoms with Gasteiger partial charge in [0.05, 0.1) is 13.0 Å². The number of para-hydroxylation sites is 1. The molecule has 0 radical (unpaired) electrons. The number of aromatic amines is 1. The number of hydrogen-bond acceptors (Lipinski definition) is 4. The van der Waals surface area contributed by atoms with Gasteiger partial charge in [-0.3, -0.25) is 14.4 Å². The first-order valence-electron chi connectivity index (χ1n) is 7.34. The first kappa shape index (κ1) is 16.7. The van der Waals surface area contributed by atoms with Gasteiger partial charge >= 0.3 is 5.97 Å². The molecule has 0 atom stereocenters. The molecule has 2 N–H and O–H groups in total. The predicted molar refractivity (Wildman–Crippen MR) is 86.1 cm³/mol. The molecule has 0 saturated heterocycles. The lowest BCUT2D eigenvalue weighted by Gasteiger charge is -2.23. The lowest BCUT2D eigenvalue weighted by atomic mass is 10.0. The average Bonchev–Trinajstić information content (AvgIpc) is 2.86. The highest BCUT2D eigenvalue weighted by molar-refractivity contribution is 6.09. The summed E-state index contributed by atoms with van der Waals surface area (Å²) in [7, 11) is 0. The largest absolute Gasteiger partial charge is 0.459 e. The third-order valence-corrected chi connectivity index (χ3v) is 3.34. The van der Waals surface area contributed by atoms with Gasteiger partial charge in [-0.15, -0.1) is 0 Å². The molecule has 0 fully saturated rings. The van der Waals surface area contributed by atoms with Crippen molar-refractivity contribution in [3.63, 3.8) is 0 Å². The molecule has 6 nitrogen and oxygen atoms in total. The Balaban J connectivity index is 1.94. The number of amides is 1. The van der Waals surface area contributed by atoms with Gasteiger partial charge in [-0.05, 0) is 19.9 Å². The Morgan fingerprint density at radius 2 is 1.91 bits per heavy atom. The average molecular weight is 316 g/mol. The Bertz CT molecular complexity index is 746. The van der Waals surface area contributed by atoms with Crippen molar-refractivity contribution in [2.24, 2.45) is 0 Å². The van der Waals surface area contributed by atoms with E-state index in [2.05, 4.69) is 10.3 Å². The zero-order valence-corrected chi connectivity index (χ0v) is 13.4. The van der Waals surface area contributed by atoms with Gasteiger partial charge in [0.1, 0.15) is 5.60 Å². The second kappa shape index (κ2) is 6.64. The van der Waals surface area contributed by atoms with Crippen LogP contribution in [0.3, 0.4) is 0 Å². The van der Waals surface area contributed by atoms with Crippen LogP contribution in [-0.2, 0) is 14.3 Å². The number of carbonyl (C=O) groups is 3. The molecule has 0 bridgehead atoms. The molecule has 1 aromatic carbocycles.